The summed E-state index contributed by atoms with van der Waals surface area (Å²) in [6.45, 7) is 4.60. The molecule has 0 unspecified atom stereocenters. The molecule has 6 heteroatoms. The zero-order valence-corrected chi connectivity index (χ0v) is 10.6. The molecule has 0 spiro atoms. The molecule has 0 saturated carbocycles. The summed E-state index contributed by atoms with van der Waals surface area (Å²) in [6.07, 6.45) is 2.11. The second-order valence-corrected chi connectivity index (χ2v) is 4.41. The quantitative estimate of drug-likeness (QED) is 0.817. The molecule has 16 heavy (non-hydrogen) atoms. The number of anilines is 1. The van der Waals surface area contributed by atoms with Crippen molar-refractivity contribution in [3.63, 3.8) is 0 Å². The van der Waals surface area contributed by atoms with Crippen molar-refractivity contribution in [1.82, 2.24) is 14.8 Å². The molecule has 2 rings (SSSR count). The molecule has 1 saturated heterocycles. The first-order valence-electron chi connectivity index (χ1n) is 5.69. The SMILES string of the molecule is CCn1c(N(C)C2CCOCC2)n[nH]c1=S. The Balaban J connectivity index is 2.18. The highest BCUT2D eigenvalue weighted by Crippen LogP contribution is 2.19. The van der Waals surface area contributed by atoms with E-state index in [0.717, 1.165) is 38.5 Å². The van der Waals surface area contributed by atoms with E-state index in [0.29, 0.717) is 10.8 Å². The number of hydrogen-bond donors (Lipinski definition) is 1. The van der Waals surface area contributed by atoms with Crippen molar-refractivity contribution in [2.24, 2.45) is 0 Å². The molecular weight excluding hydrogens is 224 g/mol. The molecule has 0 radical (unpaired) electrons. The Morgan fingerprint density at radius 1 is 1.56 bits per heavy atom. The number of hydrogen-bond acceptors (Lipinski definition) is 4. The normalized spacial score (nSPS) is 17.6. The van der Waals surface area contributed by atoms with Crippen LogP contribution in [-0.4, -0.2) is 41.1 Å². The second kappa shape index (κ2) is 4.97. The van der Waals surface area contributed by atoms with E-state index in [2.05, 4.69) is 29.1 Å². The van der Waals surface area contributed by atoms with Crippen molar-refractivity contribution < 1.29 is 4.74 Å². The van der Waals surface area contributed by atoms with Crippen molar-refractivity contribution in [3.05, 3.63) is 4.77 Å². The van der Waals surface area contributed by atoms with Gasteiger partial charge in [0.05, 0.1) is 0 Å². The van der Waals surface area contributed by atoms with Crippen LogP contribution in [0.25, 0.3) is 0 Å². The molecule has 1 aliphatic heterocycles. The van der Waals surface area contributed by atoms with Crippen LogP contribution in [0.3, 0.4) is 0 Å². The molecule has 0 aromatic carbocycles. The highest BCUT2D eigenvalue weighted by molar-refractivity contribution is 7.71. The van der Waals surface area contributed by atoms with Gasteiger partial charge in [0.15, 0.2) is 4.77 Å². The lowest BCUT2D eigenvalue weighted by atomic mass is 10.1. The number of nitrogens with zero attached hydrogens (tertiary/aromatic N) is 3. The van der Waals surface area contributed by atoms with Gasteiger partial charge in [-0.15, -0.1) is 5.10 Å². The number of nitrogens with one attached hydrogen (secondary N) is 1. The lowest BCUT2D eigenvalue weighted by Gasteiger charge is -2.31. The minimum atomic E-state index is 0.504. The van der Waals surface area contributed by atoms with Crippen LogP contribution in [-0.2, 0) is 11.3 Å². The number of aromatic nitrogens is 3. The lowest BCUT2D eigenvalue weighted by Crippen LogP contribution is -2.38. The fourth-order valence-corrected chi connectivity index (χ4v) is 2.36. The molecule has 5 nitrogen and oxygen atoms in total. The summed E-state index contributed by atoms with van der Waals surface area (Å²) < 4.78 is 8.08. The molecule has 1 aromatic heterocycles. The number of H-pyrrole nitrogens is 1. The summed E-state index contributed by atoms with van der Waals surface area (Å²) in [4.78, 5) is 2.21. The van der Waals surface area contributed by atoms with E-state index < -0.39 is 0 Å². The highest BCUT2D eigenvalue weighted by Gasteiger charge is 2.21. The van der Waals surface area contributed by atoms with Crippen molar-refractivity contribution in [1.29, 1.82) is 0 Å². The van der Waals surface area contributed by atoms with E-state index >= 15 is 0 Å². The molecule has 0 bridgehead atoms. The molecule has 2 heterocycles. The predicted octanol–water partition coefficient (Wildman–Crippen LogP) is 1.58. The topological polar surface area (TPSA) is 46.1 Å². The van der Waals surface area contributed by atoms with Crippen LogP contribution in [0.4, 0.5) is 5.95 Å². The van der Waals surface area contributed by atoms with Gasteiger partial charge in [-0.05, 0) is 32.0 Å². The minimum Gasteiger partial charge on any atom is -0.381 e. The Hall–Kier alpha value is -0.880. The maximum atomic E-state index is 5.37. The number of rotatable bonds is 3. The fraction of sp³-hybridized carbons (Fsp3) is 0.800. The monoisotopic (exact) mass is 242 g/mol. The smallest absolute Gasteiger partial charge is 0.225 e. The van der Waals surface area contributed by atoms with Crippen LogP contribution in [0.5, 0.6) is 0 Å². The third-order valence-corrected chi connectivity index (χ3v) is 3.42. The van der Waals surface area contributed by atoms with Crippen LogP contribution in [0.1, 0.15) is 19.8 Å². The third kappa shape index (κ3) is 2.12. The van der Waals surface area contributed by atoms with Gasteiger partial charge in [-0.1, -0.05) is 0 Å². The summed E-state index contributed by atoms with van der Waals surface area (Å²) in [6, 6.07) is 0.504. The molecule has 90 valence electrons. The maximum absolute atomic E-state index is 5.37. The third-order valence-electron chi connectivity index (χ3n) is 3.11. The molecule has 1 N–H and O–H groups in total. The van der Waals surface area contributed by atoms with E-state index in [-0.39, 0.29) is 0 Å². The Morgan fingerprint density at radius 2 is 2.25 bits per heavy atom. The summed E-state index contributed by atoms with van der Waals surface area (Å²) >= 11 is 5.19. The Bertz CT molecular complexity index is 394. The molecule has 1 aromatic rings. The van der Waals surface area contributed by atoms with Crippen molar-refractivity contribution in [2.75, 3.05) is 25.2 Å². The van der Waals surface area contributed by atoms with Gasteiger partial charge >= 0.3 is 0 Å². The van der Waals surface area contributed by atoms with Gasteiger partial charge in [0.1, 0.15) is 0 Å². The van der Waals surface area contributed by atoms with Crippen molar-refractivity contribution in [2.45, 2.75) is 32.4 Å². The minimum absolute atomic E-state index is 0.504. The van der Waals surface area contributed by atoms with Crippen LogP contribution in [0, 0.1) is 4.77 Å². The van der Waals surface area contributed by atoms with E-state index in [1.165, 1.54) is 0 Å². The molecule has 0 atom stereocenters. The molecule has 1 fully saturated rings. The largest absolute Gasteiger partial charge is 0.381 e. The Kier molecular flexibility index (Phi) is 3.60. The van der Waals surface area contributed by atoms with Crippen LogP contribution < -0.4 is 4.90 Å². The van der Waals surface area contributed by atoms with E-state index in [4.69, 9.17) is 17.0 Å². The fourth-order valence-electron chi connectivity index (χ4n) is 2.10. The zero-order chi connectivity index (χ0) is 11.5. The van der Waals surface area contributed by atoms with Gasteiger partial charge in [-0.2, -0.15) is 0 Å². The first kappa shape index (κ1) is 11.6. The Labute approximate surface area is 100 Å². The number of ether oxygens (including phenoxy) is 1. The van der Waals surface area contributed by atoms with E-state index in [1.807, 2.05) is 4.57 Å². The first-order valence-corrected chi connectivity index (χ1v) is 6.10. The predicted molar refractivity (Wildman–Crippen MR) is 65.3 cm³/mol. The van der Waals surface area contributed by atoms with Crippen molar-refractivity contribution >= 4 is 18.2 Å². The first-order chi connectivity index (χ1) is 7.74. The number of aromatic amines is 1. The second-order valence-electron chi connectivity index (χ2n) is 4.03. The Morgan fingerprint density at radius 3 is 2.88 bits per heavy atom. The zero-order valence-electron chi connectivity index (χ0n) is 9.77. The molecule has 0 amide bonds. The average Bonchev–Trinajstić information content (AvgIpc) is 2.70. The van der Waals surface area contributed by atoms with Crippen LogP contribution >= 0.6 is 12.2 Å². The van der Waals surface area contributed by atoms with Gasteiger partial charge < -0.3 is 9.64 Å². The van der Waals surface area contributed by atoms with Gasteiger partial charge in [0.2, 0.25) is 5.95 Å². The van der Waals surface area contributed by atoms with Gasteiger partial charge in [0.25, 0.3) is 0 Å². The summed E-state index contributed by atoms with van der Waals surface area (Å²) in [5.74, 6) is 0.930. The highest BCUT2D eigenvalue weighted by atomic mass is 32.1. The molecule has 1 aliphatic rings. The molecular formula is C10H18N4OS. The maximum Gasteiger partial charge on any atom is 0.225 e. The standard InChI is InChI=1S/C10H18N4OS/c1-3-14-9(11-12-10(14)16)13(2)8-4-6-15-7-5-8/h8H,3-7H2,1-2H3,(H,12,16). The summed E-state index contributed by atoms with van der Waals surface area (Å²) in [5.41, 5.74) is 0. The average molecular weight is 242 g/mol. The van der Waals surface area contributed by atoms with Crippen LogP contribution in [0.2, 0.25) is 0 Å². The van der Waals surface area contributed by atoms with Crippen LogP contribution in [0.15, 0.2) is 0 Å². The summed E-state index contributed by atoms with van der Waals surface area (Å²) in [5, 5.41) is 7.14. The van der Waals surface area contributed by atoms with Crippen molar-refractivity contribution in [3.8, 4) is 0 Å². The molecule has 0 aliphatic carbocycles. The van der Waals surface area contributed by atoms with E-state index in [9.17, 15) is 0 Å². The van der Waals surface area contributed by atoms with Gasteiger partial charge in [-0.25, -0.2) is 5.10 Å². The lowest BCUT2D eigenvalue weighted by molar-refractivity contribution is 0.0851. The van der Waals surface area contributed by atoms with Gasteiger partial charge in [0, 0.05) is 32.8 Å². The van der Waals surface area contributed by atoms with Gasteiger partial charge in [-0.3, -0.25) is 4.57 Å². The van der Waals surface area contributed by atoms with E-state index in [1.54, 1.807) is 0 Å². The summed E-state index contributed by atoms with van der Waals surface area (Å²) in [7, 11) is 2.08.